The fourth-order valence-electron chi connectivity index (χ4n) is 2.45. The fraction of sp³-hybridized carbons (Fsp3) is 0.111. The molecule has 0 aliphatic carbocycles. The quantitative estimate of drug-likeness (QED) is 0.558. The van der Waals surface area contributed by atoms with Crippen LogP contribution in [-0.2, 0) is 4.79 Å². The van der Waals surface area contributed by atoms with Gasteiger partial charge in [0, 0.05) is 27.8 Å². The molecule has 5 heteroatoms. The molecule has 0 aliphatic heterocycles. The molecule has 2 N–H and O–H groups in total. The van der Waals surface area contributed by atoms with Gasteiger partial charge in [0.05, 0.1) is 5.56 Å². The van der Waals surface area contributed by atoms with Crippen molar-refractivity contribution in [3.8, 4) is 0 Å². The number of anilines is 1. The lowest BCUT2D eigenvalue weighted by molar-refractivity contribution is -0.112. The molecule has 0 spiro atoms. The molecule has 0 bridgehead atoms. The maximum Gasteiger partial charge on any atom is 0.296 e. The largest absolute Gasteiger partial charge is 0.360 e. The normalized spacial score (nSPS) is 10.7. The minimum absolute atomic E-state index is 0.310. The van der Waals surface area contributed by atoms with E-state index in [1.165, 1.54) is 6.20 Å². The van der Waals surface area contributed by atoms with Crippen molar-refractivity contribution in [1.82, 2.24) is 4.98 Å². The molecule has 4 nitrogen and oxygen atoms in total. The van der Waals surface area contributed by atoms with E-state index in [1.54, 1.807) is 18.2 Å². The molecule has 1 aromatic heterocycles. The van der Waals surface area contributed by atoms with Crippen LogP contribution in [0.4, 0.5) is 5.69 Å². The molecule has 0 fully saturated rings. The summed E-state index contributed by atoms with van der Waals surface area (Å²) in [4.78, 5) is 27.7. The van der Waals surface area contributed by atoms with Gasteiger partial charge in [-0.1, -0.05) is 23.7 Å². The van der Waals surface area contributed by atoms with Crippen LogP contribution in [0.5, 0.6) is 0 Å². The zero-order valence-corrected chi connectivity index (χ0v) is 13.5. The molecule has 0 saturated heterocycles. The SMILES string of the molecule is Cc1ccc(C)c(NC(=O)C(=O)c2c[nH]c3ccc(Cl)cc23)c1. The van der Waals surface area contributed by atoms with Gasteiger partial charge < -0.3 is 10.3 Å². The van der Waals surface area contributed by atoms with Crippen molar-refractivity contribution in [1.29, 1.82) is 0 Å². The molecular formula is C18H15ClN2O2. The predicted molar refractivity (Wildman–Crippen MR) is 92.2 cm³/mol. The summed E-state index contributed by atoms with van der Waals surface area (Å²) in [5.74, 6) is -1.26. The van der Waals surface area contributed by atoms with E-state index in [0.29, 0.717) is 21.7 Å². The van der Waals surface area contributed by atoms with Crippen molar-refractivity contribution in [3.63, 3.8) is 0 Å². The molecule has 3 aromatic rings. The number of rotatable bonds is 3. The summed E-state index contributed by atoms with van der Waals surface area (Å²) in [6, 6.07) is 10.9. The highest BCUT2D eigenvalue weighted by Gasteiger charge is 2.20. The highest BCUT2D eigenvalue weighted by molar-refractivity contribution is 6.48. The summed E-state index contributed by atoms with van der Waals surface area (Å²) in [5.41, 5.74) is 3.62. The summed E-state index contributed by atoms with van der Waals surface area (Å²) in [6.45, 7) is 3.81. The number of Topliss-reactive ketones (excluding diaryl/α,β-unsaturated/α-hetero) is 1. The maximum absolute atomic E-state index is 12.5. The number of carbonyl (C=O) groups is 2. The van der Waals surface area contributed by atoms with Crippen LogP contribution in [0.1, 0.15) is 21.5 Å². The van der Waals surface area contributed by atoms with E-state index in [2.05, 4.69) is 10.3 Å². The molecule has 3 rings (SSSR count). The number of hydrogen-bond donors (Lipinski definition) is 2. The van der Waals surface area contributed by atoms with Gasteiger partial charge >= 0.3 is 0 Å². The predicted octanol–water partition coefficient (Wildman–Crippen LogP) is 4.26. The molecule has 23 heavy (non-hydrogen) atoms. The van der Waals surface area contributed by atoms with Crippen LogP contribution in [0.25, 0.3) is 10.9 Å². The van der Waals surface area contributed by atoms with E-state index < -0.39 is 11.7 Å². The first-order valence-corrected chi connectivity index (χ1v) is 7.53. The molecule has 0 saturated carbocycles. The van der Waals surface area contributed by atoms with Gasteiger partial charge in [0.1, 0.15) is 0 Å². The highest BCUT2D eigenvalue weighted by Crippen LogP contribution is 2.23. The number of aromatic amines is 1. The molecule has 0 unspecified atom stereocenters. The number of ketones is 1. The highest BCUT2D eigenvalue weighted by atomic mass is 35.5. The minimum atomic E-state index is -0.667. The lowest BCUT2D eigenvalue weighted by Gasteiger charge is -2.08. The average molecular weight is 327 g/mol. The molecule has 0 radical (unpaired) electrons. The van der Waals surface area contributed by atoms with Gasteiger partial charge in [0.15, 0.2) is 0 Å². The second kappa shape index (κ2) is 5.89. The zero-order chi connectivity index (χ0) is 16.6. The fourth-order valence-corrected chi connectivity index (χ4v) is 2.62. The summed E-state index contributed by atoms with van der Waals surface area (Å²) < 4.78 is 0. The Morgan fingerprint density at radius 1 is 1.09 bits per heavy atom. The molecule has 2 aromatic carbocycles. The average Bonchev–Trinajstić information content (AvgIpc) is 2.93. The van der Waals surface area contributed by atoms with Gasteiger partial charge in [0.25, 0.3) is 11.7 Å². The third-order valence-corrected chi connectivity index (χ3v) is 3.97. The van der Waals surface area contributed by atoms with E-state index in [4.69, 9.17) is 11.6 Å². The molecular weight excluding hydrogens is 312 g/mol. The first kappa shape index (κ1) is 15.3. The number of halogens is 1. The van der Waals surface area contributed by atoms with Crippen LogP contribution in [-0.4, -0.2) is 16.7 Å². The van der Waals surface area contributed by atoms with Crippen LogP contribution >= 0.6 is 11.6 Å². The number of H-pyrrole nitrogens is 1. The van der Waals surface area contributed by atoms with Gasteiger partial charge in [-0.2, -0.15) is 0 Å². The maximum atomic E-state index is 12.5. The van der Waals surface area contributed by atoms with Crippen LogP contribution < -0.4 is 5.32 Å². The Morgan fingerprint density at radius 3 is 2.65 bits per heavy atom. The third kappa shape index (κ3) is 2.98. The van der Waals surface area contributed by atoms with Crippen molar-refractivity contribution < 1.29 is 9.59 Å². The van der Waals surface area contributed by atoms with Crippen LogP contribution in [0.15, 0.2) is 42.6 Å². The van der Waals surface area contributed by atoms with Gasteiger partial charge in [-0.05, 0) is 49.2 Å². The first-order valence-electron chi connectivity index (χ1n) is 7.15. The van der Waals surface area contributed by atoms with Crippen molar-refractivity contribution >= 4 is 39.9 Å². The van der Waals surface area contributed by atoms with Crippen molar-refractivity contribution in [3.05, 3.63) is 64.3 Å². The number of benzene rings is 2. The minimum Gasteiger partial charge on any atom is -0.360 e. The van der Waals surface area contributed by atoms with Crippen molar-refractivity contribution in [2.24, 2.45) is 0 Å². The Bertz CT molecular complexity index is 928. The Hall–Kier alpha value is -2.59. The zero-order valence-electron chi connectivity index (χ0n) is 12.7. The van der Waals surface area contributed by atoms with E-state index >= 15 is 0 Å². The monoisotopic (exact) mass is 326 g/mol. The van der Waals surface area contributed by atoms with Crippen LogP contribution in [0.2, 0.25) is 5.02 Å². The van der Waals surface area contributed by atoms with Crippen molar-refractivity contribution in [2.45, 2.75) is 13.8 Å². The summed E-state index contributed by atoms with van der Waals surface area (Å²) in [5, 5.41) is 3.84. The van der Waals surface area contributed by atoms with Gasteiger partial charge in [-0.25, -0.2) is 0 Å². The summed E-state index contributed by atoms with van der Waals surface area (Å²) in [7, 11) is 0. The number of carbonyl (C=O) groups excluding carboxylic acids is 2. The number of hydrogen-bond acceptors (Lipinski definition) is 2. The number of fused-ring (bicyclic) bond motifs is 1. The van der Waals surface area contributed by atoms with Crippen LogP contribution in [0.3, 0.4) is 0 Å². The van der Waals surface area contributed by atoms with Gasteiger partial charge in [-0.15, -0.1) is 0 Å². The lowest BCUT2D eigenvalue weighted by Crippen LogP contribution is -2.23. The number of aromatic nitrogens is 1. The van der Waals surface area contributed by atoms with Crippen LogP contribution in [0, 0.1) is 13.8 Å². The third-order valence-electron chi connectivity index (χ3n) is 3.74. The number of aryl methyl sites for hydroxylation is 2. The number of nitrogens with one attached hydrogen (secondary N) is 2. The standard InChI is InChI=1S/C18H15ClN2O2/c1-10-3-4-11(2)16(7-10)21-18(23)17(22)14-9-20-15-6-5-12(19)8-13(14)15/h3-9,20H,1-2H3,(H,21,23). The number of amides is 1. The van der Waals surface area contributed by atoms with E-state index in [-0.39, 0.29) is 0 Å². The Balaban J connectivity index is 1.91. The molecule has 0 atom stereocenters. The Kier molecular flexibility index (Phi) is 3.92. The van der Waals surface area contributed by atoms with E-state index in [9.17, 15) is 9.59 Å². The van der Waals surface area contributed by atoms with E-state index in [1.807, 2.05) is 32.0 Å². The smallest absolute Gasteiger partial charge is 0.296 e. The lowest BCUT2D eigenvalue weighted by atomic mass is 10.1. The van der Waals surface area contributed by atoms with Crippen molar-refractivity contribution in [2.75, 3.05) is 5.32 Å². The Morgan fingerprint density at radius 2 is 1.87 bits per heavy atom. The molecule has 1 amide bonds. The van der Waals surface area contributed by atoms with E-state index in [0.717, 1.165) is 16.6 Å². The molecule has 0 aliphatic rings. The van der Waals surface area contributed by atoms with Gasteiger partial charge in [0.2, 0.25) is 0 Å². The van der Waals surface area contributed by atoms with Gasteiger partial charge in [-0.3, -0.25) is 9.59 Å². The second-order valence-corrected chi connectivity index (χ2v) is 5.93. The first-order chi connectivity index (χ1) is 11.0. The molecule has 116 valence electrons. The summed E-state index contributed by atoms with van der Waals surface area (Å²) in [6.07, 6.45) is 1.53. The summed E-state index contributed by atoms with van der Waals surface area (Å²) >= 11 is 5.97. The molecule has 1 heterocycles. The second-order valence-electron chi connectivity index (χ2n) is 5.49. The Labute approximate surface area is 138 Å². The topological polar surface area (TPSA) is 62.0 Å².